The van der Waals surface area contributed by atoms with Crippen molar-refractivity contribution in [3.8, 4) is 5.75 Å². The van der Waals surface area contributed by atoms with Crippen LogP contribution in [0.2, 0.25) is 0 Å². The number of hydrogen-bond donors (Lipinski definition) is 1. The van der Waals surface area contributed by atoms with Gasteiger partial charge in [0.25, 0.3) is 5.91 Å². The molecule has 0 saturated heterocycles. The van der Waals surface area contributed by atoms with E-state index < -0.39 is 0 Å². The highest BCUT2D eigenvalue weighted by Gasteiger charge is 2.12. The molecule has 27 heavy (non-hydrogen) atoms. The van der Waals surface area contributed by atoms with Gasteiger partial charge in [-0.3, -0.25) is 14.9 Å². The number of thiazole rings is 1. The molecule has 3 rings (SSSR count). The summed E-state index contributed by atoms with van der Waals surface area (Å²) in [6, 6.07) is 11.7. The molecule has 0 atom stereocenters. The van der Waals surface area contributed by atoms with E-state index in [1.807, 2.05) is 36.4 Å². The molecule has 0 spiro atoms. The van der Waals surface area contributed by atoms with Crippen LogP contribution in [0.1, 0.15) is 12.6 Å². The van der Waals surface area contributed by atoms with Crippen molar-refractivity contribution in [2.75, 3.05) is 18.5 Å². The molecule has 1 N–H and O–H groups in total. The van der Waals surface area contributed by atoms with Crippen molar-refractivity contribution in [1.82, 2.24) is 4.98 Å². The molecule has 0 radical (unpaired) electrons. The standard InChI is InChI=1S/C19H17BrN2O4S/c1-2-25-17(24)9-13-11-27-19(21-13)22-16(23)10-26-15-8-7-12-5-3-4-6-14(12)18(15)20/h3-8,11H,2,9-10H2,1H3,(H,21,22,23). The van der Waals surface area contributed by atoms with Gasteiger partial charge in [0, 0.05) is 5.38 Å². The molecule has 0 fully saturated rings. The Kier molecular flexibility index (Phi) is 6.41. The summed E-state index contributed by atoms with van der Waals surface area (Å²) in [7, 11) is 0. The minimum Gasteiger partial charge on any atom is -0.483 e. The Morgan fingerprint density at radius 3 is 2.85 bits per heavy atom. The van der Waals surface area contributed by atoms with Crippen molar-refractivity contribution in [2.45, 2.75) is 13.3 Å². The number of ether oxygens (including phenoxy) is 2. The average molecular weight is 449 g/mol. The minimum atomic E-state index is -0.342. The maximum atomic E-state index is 12.1. The Bertz CT molecular complexity index is 973. The number of benzene rings is 2. The fourth-order valence-corrected chi connectivity index (χ4v) is 3.76. The van der Waals surface area contributed by atoms with E-state index in [1.54, 1.807) is 12.3 Å². The normalized spacial score (nSPS) is 10.6. The Labute approximate surface area is 168 Å². The number of nitrogens with one attached hydrogen (secondary N) is 1. The number of hydrogen-bond acceptors (Lipinski definition) is 6. The first-order valence-corrected chi connectivity index (χ1v) is 9.94. The predicted octanol–water partition coefficient (Wildman–Crippen LogP) is 4.18. The van der Waals surface area contributed by atoms with Gasteiger partial charge in [0.15, 0.2) is 11.7 Å². The number of nitrogens with zero attached hydrogens (tertiary/aromatic N) is 1. The topological polar surface area (TPSA) is 77.5 Å². The lowest BCUT2D eigenvalue weighted by Crippen LogP contribution is -2.20. The lowest BCUT2D eigenvalue weighted by molar-refractivity contribution is -0.142. The van der Waals surface area contributed by atoms with Gasteiger partial charge in [-0.2, -0.15) is 0 Å². The van der Waals surface area contributed by atoms with Crippen LogP contribution in [0.25, 0.3) is 10.8 Å². The quantitative estimate of drug-likeness (QED) is 0.548. The predicted molar refractivity (Wildman–Crippen MR) is 108 cm³/mol. The SMILES string of the molecule is CCOC(=O)Cc1csc(NC(=O)COc2ccc3ccccc3c2Br)n1. The third-order valence-electron chi connectivity index (χ3n) is 3.62. The molecule has 0 bridgehead atoms. The third-order valence-corrected chi connectivity index (χ3v) is 5.24. The molecule has 0 unspecified atom stereocenters. The van der Waals surface area contributed by atoms with Gasteiger partial charge < -0.3 is 9.47 Å². The van der Waals surface area contributed by atoms with E-state index in [1.165, 1.54) is 11.3 Å². The highest BCUT2D eigenvalue weighted by molar-refractivity contribution is 9.10. The van der Waals surface area contributed by atoms with E-state index in [0.29, 0.717) is 23.2 Å². The molecule has 1 heterocycles. The molecular weight excluding hydrogens is 432 g/mol. The molecule has 0 aliphatic rings. The zero-order valence-corrected chi connectivity index (χ0v) is 16.9. The zero-order chi connectivity index (χ0) is 19.2. The van der Waals surface area contributed by atoms with E-state index in [4.69, 9.17) is 9.47 Å². The maximum Gasteiger partial charge on any atom is 0.311 e. The first-order valence-electron chi connectivity index (χ1n) is 8.26. The van der Waals surface area contributed by atoms with Gasteiger partial charge in [0.1, 0.15) is 5.75 Å². The van der Waals surface area contributed by atoms with Crippen LogP contribution in [0.4, 0.5) is 5.13 Å². The Balaban J connectivity index is 1.57. The molecule has 0 saturated carbocycles. The van der Waals surface area contributed by atoms with Crippen LogP contribution < -0.4 is 10.1 Å². The smallest absolute Gasteiger partial charge is 0.311 e. The maximum absolute atomic E-state index is 12.1. The van der Waals surface area contributed by atoms with E-state index >= 15 is 0 Å². The Morgan fingerprint density at radius 1 is 1.22 bits per heavy atom. The lowest BCUT2D eigenvalue weighted by Gasteiger charge is -2.10. The van der Waals surface area contributed by atoms with Crippen molar-refractivity contribution >= 4 is 55.0 Å². The second-order valence-electron chi connectivity index (χ2n) is 5.56. The van der Waals surface area contributed by atoms with Gasteiger partial charge in [-0.25, -0.2) is 4.98 Å². The number of rotatable bonds is 7. The molecule has 6 nitrogen and oxygen atoms in total. The first kappa shape index (κ1) is 19.3. The minimum absolute atomic E-state index is 0.0841. The van der Waals surface area contributed by atoms with Gasteiger partial charge in [-0.05, 0) is 39.7 Å². The molecule has 8 heteroatoms. The molecule has 1 aromatic heterocycles. The fraction of sp³-hybridized carbons (Fsp3) is 0.211. The summed E-state index contributed by atoms with van der Waals surface area (Å²) in [5.41, 5.74) is 0.562. The van der Waals surface area contributed by atoms with Gasteiger partial charge in [-0.1, -0.05) is 30.3 Å². The second kappa shape index (κ2) is 8.96. The summed E-state index contributed by atoms with van der Waals surface area (Å²) in [6.07, 6.45) is 0.0841. The van der Waals surface area contributed by atoms with Crippen molar-refractivity contribution in [3.05, 3.63) is 51.9 Å². The van der Waals surface area contributed by atoms with E-state index in [0.717, 1.165) is 15.2 Å². The molecule has 140 valence electrons. The third kappa shape index (κ3) is 5.05. The van der Waals surface area contributed by atoms with Crippen molar-refractivity contribution < 1.29 is 19.1 Å². The van der Waals surface area contributed by atoms with Gasteiger partial charge in [-0.15, -0.1) is 11.3 Å². The van der Waals surface area contributed by atoms with Crippen LogP contribution in [0.15, 0.2) is 46.3 Å². The van der Waals surface area contributed by atoms with Crippen molar-refractivity contribution in [1.29, 1.82) is 0 Å². The first-order chi connectivity index (χ1) is 13.1. The largest absolute Gasteiger partial charge is 0.483 e. The number of halogens is 1. The Hall–Kier alpha value is -2.45. The molecule has 1 amide bonds. The molecule has 0 aliphatic carbocycles. The second-order valence-corrected chi connectivity index (χ2v) is 7.21. The van der Waals surface area contributed by atoms with Crippen LogP contribution in [0.3, 0.4) is 0 Å². The fourth-order valence-electron chi connectivity index (χ4n) is 2.43. The number of amides is 1. The summed E-state index contributed by atoms with van der Waals surface area (Å²) in [5, 5.41) is 6.90. The molecule has 0 aliphatic heterocycles. The van der Waals surface area contributed by atoms with E-state index in [-0.39, 0.29) is 24.9 Å². The highest BCUT2D eigenvalue weighted by atomic mass is 79.9. The summed E-state index contributed by atoms with van der Waals surface area (Å²) in [5.74, 6) is -0.0803. The van der Waals surface area contributed by atoms with Crippen molar-refractivity contribution in [3.63, 3.8) is 0 Å². The van der Waals surface area contributed by atoms with Crippen LogP contribution in [-0.4, -0.2) is 30.1 Å². The molecule has 3 aromatic rings. The summed E-state index contributed by atoms with van der Waals surface area (Å²) < 4.78 is 11.3. The highest BCUT2D eigenvalue weighted by Crippen LogP contribution is 2.33. The number of fused-ring (bicyclic) bond motifs is 1. The van der Waals surface area contributed by atoms with E-state index in [9.17, 15) is 9.59 Å². The Morgan fingerprint density at radius 2 is 2.04 bits per heavy atom. The number of aromatic nitrogens is 1. The molecular formula is C19H17BrN2O4S. The van der Waals surface area contributed by atoms with Crippen LogP contribution in [0, 0.1) is 0 Å². The van der Waals surface area contributed by atoms with E-state index in [2.05, 4.69) is 26.2 Å². The number of anilines is 1. The number of esters is 1. The van der Waals surface area contributed by atoms with Gasteiger partial charge in [0.2, 0.25) is 0 Å². The van der Waals surface area contributed by atoms with Crippen LogP contribution >= 0.6 is 27.3 Å². The summed E-state index contributed by atoms with van der Waals surface area (Å²) in [6.45, 7) is 1.93. The zero-order valence-electron chi connectivity index (χ0n) is 14.5. The summed E-state index contributed by atoms with van der Waals surface area (Å²) in [4.78, 5) is 27.8. The number of carbonyl (C=O) groups excluding carboxylic acids is 2. The monoisotopic (exact) mass is 448 g/mol. The van der Waals surface area contributed by atoms with Crippen molar-refractivity contribution in [2.24, 2.45) is 0 Å². The van der Waals surface area contributed by atoms with Crippen LogP contribution in [-0.2, 0) is 20.7 Å². The number of carbonyl (C=O) groups is 2. The average Bonchev–Trinajstić information content (AvgIpc) is 3.08. The van der Waals surface area contributed by atoms with Gasteiger partial charge in [0.05, 0.1) is 23.2 Å². The van der Waals surface area contributed by atoms with Crippen LogP contribution in [0.5, 0.6) is 5.75 Å². The summed E-state index contributed by atoms with van der Waals surface area (Å²) >= 11 is 4.78. The lowest BCUT2D eigenvalue weighted by atomic mass is 10.1. The van der Waals surface area contributed by atoms with Gasteiger partial charge >= 0.3 is 5.97 Å². The molecule has 2 aromatic carbocycles.